The van der Waals surface area contributed by atoms with Crippen LogP contribution in [0, 0.1) is 11.3 Å². The molecule has 4 aliphatic heterocycles. The van der Waals surface area contributed by atoms with Crippen molar-refractivity contribution in [1.82, 2.24) is 20.0 Å². The van der Waals surface area contributed by atoms with Gasteiger partial charge in [0.2, 0.25) is 17.7 Å². The number of piperidine rings is 3. The van der Waals surface area contributed by atoms with E-state index < -0.39 is 29.7 Å². The molecular weight excluding hydrogens is 556 g/mol. The van der Waals surface area contributed by atoms with Crippen molar-refractivity contribution in [1.29, 1.82) is 0 Å². The van der Waals surface area contributed by atoms with E-state index in [-0.39, 0.29) is 24.3 Å². The van der Waals surface area contributed by atoms with E-state index in [0.717, 1.165) is 87.3 Å². The molecular formula is C35H42N4O5. The topological polar surface area (TPSA) is 107 Å². The summed E-state index contributed by atoms with van der Waals surface area (Å²) in [7, 11) is 0. The van der Waals surface area contributed by atoms with Crippen LogP contribution in [-0.4, -0.2) is 76.5 Å². The van der Waals surface area contributed by atoms with Crippen LogP contribution in [0.4, 0.5) is 0 Å². The molecule has 4 heterocycles. The minimum atomic E-state index is -0.987. The molecule has 5 amide bonds. The maximum Gasteiger partial charge on any atom is 0.262 e. The number of hydrogen-bond donors (Lipinski definition) is 1. The summed E-state index contributed by atoms with van der Waals surface area (Å²) in [5.41, 5.74) is 3.60. The van der Waals surface area contributed by atoms with Gasteiger partial charge >= 0.3 is 0 Å². The number of nitrogens with zero attached hydrogens (tertiary/aromatic N) is 3. The van der Waals surface area contributed by atoms with Gasteiger partial charge in [-0.25, -0.2) is 0 Å². The Hall–Kier alpha value is -3.85. The van der Waals surface area contributed by atoms with Gasteiger partial charge in [-0.1, -0.05) is 44.2 Å². The van der Waals surface area contributed by atoms with Crippen molar-refractivity contribution < 1.29 is 24.0 Å². The summed E-state index contributed by atoms with van der Waals surface area (Å²) in [6.45, 7) is 8.79. The second-order valence-electron chi connectivity index (χ2n) is 13.0. The summed E-state index contributed by atoms with van der Waals surface area (Å²) in [4.78, 5) is 69.6. The summed E-state index contributed by atoms with van der Waals surface area (Å²) < 4.78 is 0. The molecule has 0 radical (unpaired) electrons. The summed E-state index contributed by atoms with van der Waals surface area (Å²) in [6.07, 6.45) is 6.49. The standard InChI is InChI=1S/C35H42N4O5/c1-3-24(4-2)32(42)38-19-15-35(16-20-38)13-17-37(18-14-35)22-23-7-5-8-25(21-23)26-9-6-10-27-30(26)34(44)39(33(27)43)28-11-12-29(40)36-31(28)41/h5-10,21,24,28H,3-4,11-20,22H2,1-2H3,(H,36,40,41). The summed E-state index contributed by atoms with van der Waals surface area (Å²) >= 11 is 0. The van der Waals surface area contributed by atoms with Crippen LogP contribution in [0.5, 0.6) is 0 Å². The van der Waals surface area contributed by atoms with E-state index in [0.29, 0.717) is 22.4 Å². The Balaban J connectivity index is 1.11. The number of carbonyl (C=O) groups excluding carboxylic acids is 5. The molecule has 3 saturated heterocycles. The van der Waals surface area contributed by atoms with Crippen molar-refractivity contribution in [3.05, 3.63) is 59.2 Å². The van der Waals surface area contributed by atoms with Crippen molar-refractivity contribution in [2.24, 2.45) is 11.3 Å². The SMILES string of the molecule is CCC(CC)C(=O)N1CCC2(CCN(Cc3cccc(-c4cccc5c4C(=O)N(C4CCC(=O)NC4=O)C5=O)c3)CC2)CC1. The summed E-state index contributed by atoms with van der Waals surface area (Å²) in [6, 6.07) is 12.4. The van der Waals surface area contributed by atoms with Gasteiger partial charge in [-0.2, -0.15) is 0 Å². The zero-order valence-corrected chi connectivity index (χ0v) is 25.8. The number of hydrogen-bond acceptors (Lipinski definition) is 6. The quantitative estimate of drug-likeness (QED) is 0.474. The van der Waals surface area contributed by atoms with Crippen LogP contribution in [0.25, 0.3) is 11.1 Å². The molecule has 0 aliphatic carbocycles. The predicted octanol–water partition coefficient (Wildman–Crippen LogP) is 4.40. The number of fused-ring (bicyclic) bond motifs is 1. The first-order valence-electron chi connectivity index (χ1n) is 16.2. The Bertz CT molecular complexity index is 1480. The Morgan fingerprint density at radius 1 is 0.886 bits per heavy atom. The first-order valence-corrected chi connectivity index (χ1v) is 16.2. The average Bonchev–Trinajstić information content (AvgIpc) is 3.29. The number of amides is 5. The van der Waals surface area contributed by atoms with Crippen LogP contribution in [0.15, 0.2) is 42.5 Å². The smallest absolute Gasteiger partial charge is 0.262 e. The monoisotopic (exact) mass is 598 g/mol. The van der Waals surface area contributed by atoms with Crippen molar-refractivity contribution >= 4 is 29.5 Å². The number of carbonyl (C=O) groups is 5. The normalized spacial score (nSPS) is 22.1. The lowest BCUT2D eigenvalue weighted by atomic mass is 9.71. The number of likely N-dealkylation sites (tertiary alicyclic amines) is 2. The van der Waals surface area contributed by atoms with E-state index in [1.807, 2.05) is 18.2 Å². The van der Waals surface area contributed by atoms with Crippen LogP contribution >= 0.6 is 0 Å². The van der Waals surface area contributed by atoms with Crippen LogP contribution in [-0.2, 0) is 20.9 Å². The van der Waals surface area contributed by atoms with Gasteiger partial charge in [-0.15, -0.1) is 0 Å². The highest BCUT2D eigenvalue weighted by Gasteiger charge is 2.45. The third-order valence-corrected chi connectivity index (χ3v) is 10.5. The molecule has 6 rings (SSSR count). The zero-order valence-electron chi connectivity index (χ0n) is 25.8. The molecule has 2 aromatic carbocycles. The van der Waals surface area contributed by atoms with E-state index in [1.54, 1.807) is 12.1 Å². The zero-order chi connectivity index (χ0) is 31.0. The van der Waals surface area contributed by atoms with Gasteiger partial charge in [-0.3, -0.25) is 39.1 Å². The molecule has 1 spiro atoms. The molecule has 9 heteroatoms. The fraction of sp³-hybridized carbons (Fsp3) is 0.514. The molecule has 2 aromatic rings. The van der Waals surface area contributed by atoms with Gasteiger partial charge in [0.1, 0.15) is 6.04 Å². The number of nitrogens with one attached hydrogen (secondary N) is 1. The molecule has 1 N–H and O–H groups in total. The molecule has 0 bridgehead atoms. The highest BCUT2D eigenvalue weighted by Crippen LogP contribution is 2.42. The van der Waals surface area contributed by atoms with Crippen molar-refractivity contribution in [2.45, 2.75) is 77.8 Å². The lowest BCUT2D eigenvalue weighted by Gasteiger charge is -2.47. The Morgan fingerprint density at radius 3 is 2.23 bits per heavy atom. The predicted molar refractivity (Wildman–Crippen MR) is 165 cm³/mol. The van der Waals surface area contributed by atoms with Crippen molar-refractivity contribution in [3.63, 3.8) is 0 Å². The average molecular weight is 599 g/mol. The lowest BCUT2D eigenvalue weighted by Crippen LogP contribution is -2.54. The minimum Gasteiger partial charge on any atom is -0.342 e. The summed E-state index contributed by atoms with van der Waals surface area (Å²) in [5, 5.41) is 2.26. The maximum absolute atomic E-state index is 13.6. The molecule has 1 unspecified atom stereocenters. The molecule has 9 nitrogen and oxygen atoms in total. The largest absolute Gasteiger partial charge is 0.342 e. The molecule has 4 aliphatic rings. The van der Waals surface area contributed by atoms with E-state index in [9.17, 15) is 24.0 Å². The van der Waals surface area contributed by atoms with Gasteiger partial charge in [0.05, 0.1) is 11.1 Å². The Kier molecular flexibility index (Phi) is 8.42. The molecule has 3 fully saturated rings. The van der Waals surface area contributed by atoms with E-state index in [4.69, 9.17) is 0 Å². The fourth-order valence-corrected chi connectivity index (χ4v) is 7.63. The maximum atomic E-state index is 13.6. The second kappa shape index (κ2) is 12.3. The Labute approximate surface area is 258 Å². The van der Waals surface area contributed by atoms with Gasteiger partial charge in [0.25, 0.3) is 11.8 Å². The number of benzene rings is 2. The van der Waals surface area contributed by atoms with Crippen molar-refractivity contribution in [3.8, 4) is 11.1 Å². The third kappa shape index (κ3) is 5.58. The third-order valence-electron chi connectivity index (χ3n) is 10.5. The molecule has 0 saturated carbocycles. The van der Waals surface area contributed by atoms with Gasteiger partial charge in [-0.05, 0) is 92.3 Å². The summed E-state index contributed by atoms with van der Waals surface area (Å²) in [5.74, 6) is -1.50. The van der Waals surface area contributed by atoms with Crippen LogP contribution < -0.4 is 5.32 Å². The van der Waals surface area contributed by atoms with E-state index in [1.165, 1.54) is 0 Å². The van der Waals surface area contributed by atoms with Gasteiger partial charge in [0, 0.05) is 32.0 Å². The van der Waals surface area contributed by atoms with Gasteiger partial charge in [0.15, 0.2) is 0 Å². The second-order valence-corrected chi connectivity index (χ2v) is 13.0. The number of rotatable bonds is 7. The lowest BCUT2D eigenvalue weighted by molar-refractivity contribution is -0.139. The van der Waals surface area contributed by atoms with Crippen LogP contribution in [0.1, 0.15) is 91.5 Å². The van der Waals surface area contributed by atoms with E-state index in [2.05, 4.69) is 41.1 Å². The van der Waals surface area contributed by atoms with Gasteiger partial charge < -0.3 is 4.90 Å². The fourth-order valence-electron chi connectivity index (χ4n) is 7.63. The van der Waals surface area contributed by atoms with Crippen LogP contribution in [0.2, 0.25) is 0 Å². The van der Waals surface area contributed by atoms with E-state index >= 15 is 0 Å². The first kappa shape index (κ1) is 30.2. The molecule has 0 aromatic heterocycles. The first-order chi connectivity index (χ1) is 21.2. The Morgan fingerprint density at radius 2 is 1.55 bits per heavy atom. The van der Waals surface area contributed by atoms with Crippen molar-refractivity contribution in [2.75, 3.05) is 26.2 Å². The highest BCUT2D eigenvalue weighted by molar-refractivity contribution is 6.25. The van der Waals surface area contributed by atoms with Crippen LogP contribution in [0.3, 0.4) is 0 Å². The minimum absolute atomic E-state index is 0.0901. The molecule has 232 valence electrons. The highest BCUT2D eigenvalue weighted by atomic mass is 16.2. The number of imide groups is 2. The molecule has 1 atom stereocenters. The molecule has 44 heavy (non-hydrogen) atoms.